The van der Waals surface area contributed by atoms with Crippen LogP contribution in [0, 0.1) is 0 Å². The molecule has 0 aliphatic carbocycles. The second kappa shape index (κ2) is 10.5. The Morgan fingerprint density at radius 3 is 2.10 bits per heavy atom. The number of ether oxygens (including phenoxy) is 1. The molecule has 0 saturated carbocycles. The number of hydrogen-bond donors (Lipinski definition) is 2. The van der Waals surface area contributed by atoms with Crippen molar-refractivity contribution in [2.24, 2.45) is 0 Å². The minimum Gasteiger partial charge on any atom is -0.494 e. The average molecular weight is 396 g/mol. The van der Waals surface area contributed by atoms with Crippen LogP contribution in [-0.4, -0.2) is 36.5 Å². The van der Waals surface area contributed by atoms with Crippen LogP contribution in [0.2, 0.25) is 0 Å². The van der Waals surface area contributed by atoms with Crippen molar-refractivity contribution in [3.05, 3.63) is 54.1 Å². The van der Waals surface area contributed by atoms with E-state index in [9.17, 15) is 9.59 Å². The summed E-state index contributed by atoms with van der Waals surface area (Å²) in [5.41, 5.74) is 2.32. The molecular formula is C23H29N3O3. The first-order valence-corrected chi connectivity index (χ1v) is 10.3. The van der Waals surface area contributed by atoms with Crippen molar-refractivity contribution in [3.8, 4) is 5.75 Å². The molecule has 0 bridgehead atoms. The van der Waals surface area contributed by atoms with E-state index in [4.69, 9.17) is 4.74 Å². The highest BCUT2D eigenvalue weighted by atomic mass is 16.5. The lowest BCUT2D eigenvalue weighted by molar-refractivity contribution is -0.129. The fourth-order valence-corrected chi connectivity index (χ4v) is 3.22. The molecule has 1 heterocycles. The first-order valence-electron chi connectivity index (χ1n) is 10.3. The van der Waals surface area contributed by atoms with E-state index in [2.05, 4.69) is 17.6 Å². The summed E-state index contributed by atoms with van der Waals surface area (Å²) >= 11 is 0. The molecule has 1 aliphatic rings. The number of rotatable bonds is 8. The molecule has 0 radical (unpaired) electrons. The molecule has 3 rings (SSSR count). The van der Waals surface area contributed by atoms with Crippen molar-refractivity contribution in [1.82, 2.24) is 4.90 Å². The van der Waals surface area contributed by atoms with Gasteiger partial charge in [-0.3, -0.25) is 4.79 Å². The van der Waals surface area contributed by atoms with Gasteiger partial charge in [0.25, 0.3) is 0 Å². The SMILES string of the molecule is CCCCOc1ccc(NC(=O)Nc2ccc(CC(=O)N3CCCC3)cc2)cc1. The lowest BCUT2D eigenvalue weighted by Crippen LogP contribution is -2.29. The Kier molecular flexibility index (Phi) is 7.50. The molecule has 1 aliphatic heterocycles. The monoisotopic (exact) mass is 395 g/mol. The highest BCUT2D eigenvalue weighted by Gasteiger charge is 2.17. The van der Waals surface area contributed by atoms with E-state index >= 15 is 0 Å². The molecule has 2 aromatic carbocycles. The van der Waals surface area contributed by atoms with Crippen molar-refractivity contribution < 1.29 is 14.3 Å². The predicted molar refractivity (Wildman–Crippen MR) is 115 cm³/mol. The van der Waals surface area contributed by atoms with E-state index in [1.54, 1.807) is 0 Å². The van der Waals surface area contributed by atoms with Gasteiger partial charge < -0.3 is 20.3 Å². The maximum absolute atomic E-state index is 12.2. The lowest BCUT2D eigenvalue weighted by Gasteiger charge is -2.15. The Balaban J connectivity index is 1.45. The molecule has 154 valence electrons. The molecular weight excluding hydrogens is 366 g/mol. The van der Waals surface area contributed by atoms with Crippen LogP contribution in [0.3, 0.4) is 0 Å². The van der Waals surface area contributed by atoms with Gasteiger partial charge in [-0.05, 0) is 61.2 Å². The molecule has 0 unspecified atom stereocenters. The summed E-state index contributed by atoms with van der Waals surface area (Å²) in [7, 11) is 0. The molecule has 6 nitrogen and oxygen atoms in total. The van der Waals surface area contributed by atoms with Crippen LogP contribution in [0.4, 0.5) is 16.2 Å². The van der Waals surface area contributed by atoms with E-state index in [0.717, 1.165) is 50.1 Å². The number of carbonyl (C=O) groups is 2. The number of anilines is 2. The summed E-state index contributed by atoms with van der Waals surface area (Å²) in [4.78, 5) is 26.3. The number of carbonyl (C=O) groups excluding carboxylic acids is 2. The van der Waals surface area contributed by atoms with Gasteiger partial charge in [-0.15, -0.1) is 0 Å². The van der Waals surface area contributed by atoms with Crippen LogP contribution in [0.1, 0.15) is 38.2 Å². The maximum atomic E-state index is 12.2. The third-order valence-corrected chi connectivity index (χ3v) is 4.90. The zero-order chi connectivity index (χ0) is 20.5. The number of benzene rings is 2. The van der Waals surface area contributed by atoms with Gasteiger partial charge in [-0.25, -0.2) is 4.79 Å². The van der Waals surface area contributed by atoms with Crippen LogP contribution >= 0.6 is 0 Å². The molecule has 6 heteroatoms. The Labute approximate surface area is 172 Å². The van der Waals surface area contributed by atoms with Gasteiger partial charge >= 0.3 is 6.03 Å². The Morgan fingerprint density at radius 2 is 1.52 bits per heavy atom. The van der Waals surface area contributed by atoms with E-state index in [0.29, 0.717) is 24.4 Å². The summed E-state index contributed by atoms with van der Waals surface area (Å²) in [6, 6.07) is 14.4. The fraction of sp³-hybridized carbons (Fsp3) is 0.391. The summed E-state index contributed by atoms with van der Waals surface area (Å²) in [6.45, 7) is 4.55. The first kappa shape index (κ1) is 20.7. The first-order chi connectivity index (χ1) is 14.1. The molecule has 0 atom stereocenters. The topological polar surface area (TPSA) is 70.7 Å². The largest absolute Gasteiger partial charge is 0.494 e. The number of urea groups is 1. The smallest absolute Gasteiger partial charge is 0.323 e. The van der Waals surface area contributed by atoms with Crippen LogP contribution in [-0.2, 0) is 11.2 Å². The van der Waals surface area contributed by atoms with E-state index < -0.39 is 0 Å². The Hall–Kier alpha value is -3.02. The Morgan fingerprint density at radius 1 is 0.931 bits per heavy atom. The third-order valence-electron chi connectivity index (χ3n) is 4.90. The van der Waals surface area contributed by atoms with E-state index in [1.165, 1.54) is 0 Å². The molecule has 2 N–H and O–H groups in total. The molecule has 2 aromatic rings. The average Bonchev–Trinajstić information content (AvgIpc) is 3.26. The lowest BCUT2D eigenvalue weighted by atomic mass is 10.1. The summed E-state index contributed by atoms with van der Waals surface area (Å²) < 4.78 is 5.62. The maximum Gasteiger partial charge on any atom is 0.323 e. The quantitative estimate of drug-likeness (QED) is 0.638. The fourth-order valence-electron chi connectivity index (χ4n) is 3.22. The van der Waals surface area contributed by atoms with Crippen molar-refractivity contribution in [3.63, 3.8) is 0 Å². The van der Waals surface area contributed by atoms with Gasteiger partial charge in [-0.2, -0.15) is 0 Å². The number of unbranched alkanes of at least 4 members (excludes halogenated alkanes) is 1. The molecule has 0 aromatic heterocycles. The highest BCUT2D eigenvalue weighted by molar-refractivity contribution is 5.99. The van der Waals surface area contributed by atoms with Crippen LogP contribution in [0.5, 0.6) is 5.75 Å². The predicted octanol–water partition coefficient (Wildman–Crippen LogP) is 4.67. The summed E-state index contributed by atoms with van der Waals surface area (Å²) in [5.74, 6) is 0.964. The van der Waals surface area contributed by atoms with Crippen molar-refractivity contribution in [2.45, 2.75) is 39.0 Å². The molecule has 1 saturated heterocycles. The zero-order valence-electron chi connectivity index (χ0n) is 16.9. The number of nitrogens with one attached hydrogen (secondary N) is 2. The molecule has 1 fully saturated rings. The van der Waals surface area contributed by atoms with Crippen LogP contribution in [0.15, 0.2) is 48.5 Å². The third kappa shape index (κ3) is 6.52. The number of hydrogen-bond acceptors (Lipinski definition) is 3. The second-order valence-electron chi connectivity index (χ2n) is 7.27. The van der Waals surface area contributed by atoms with Gasteiger partial charge in [0.15, 0.2) is 0 Å². The van der Waals surface area contributed by atoms with Gasteiger partial charge in [-0.1, -0.05) is 25.5 Å². The number of likely N-dealkylation sites (tertiary alicyclic amines) is 1. The molecule has 29 heavy (non-hydrogen) atoms. The zero-order valence-corrected chi connectivity index (χ0v) is 16.9. The summed E-state index contributed by atoms with van der Waals surface area (Å²) in [5, 5.41) is 5.61. The number of nitrogens with zero attached hydrogens (tertiary/aromatic N) is 1. The number of amides is 3. The van der Waals surface area contributed by atoms with Crippen molar-refractivity contribution in [1.29, 1.82) is 0 Å². The minimum atomic E-state index is -0.314. The molecule has 0 spiro atoms. The summed E-state index contributed by atoms with van der Waals surface area (Å²) in [6.07, 6.45) is 4.71. The van der Waals surface area contributed by atoms with E-state index in [-0.39, 0.29) is 11.9 Å². The van der Waals surface area contributed by atoms with Gasteiger partial charge in [0.1, 0.15) is 5.75 Å². The van der Waals surface area contributed by atoms with Gasteiger partial charge in [0.2, 0.25) is 5.91 Å². The van der Waals surface area contributed by atoms with Gasteiger partial charge in [0, 0.05) is 24.5 Å². The van der Waals surface area contributed by atoms with Crippen molar-refractivity contribution >= 4 is 23.3 Å². The van der Waals surface area contributed by atoms with Gasteiger partial charge in [0.05, 0.1) is 13.0 Å². The van der Waals surface area contributed by atoms with E-state index in [1.807, 2.05) is 53.4 Å². The standard InChI is InChI=1S/C23H29N3O3/c1-2-3-16-29-21-12-10-20(11-13-21)25-23(28)24-19-8-6-18(7-9-19)17-22(27)26-14-4-5-15-26/h6-13H,2-5,14-17H2,1H3,(H2,24,25,28). The Bertz CT molecular complexity index is 797. The highest BCUT2D eigenvalue weighted by Crippen LogP contribution is 2.17. The molecule has 3 amide bonds. The minimum absolute atomic E-state index is 0.170. The van der Waals surface area contributed by atoms with Crippen LogP contribution < -0.4 is 15.4 Å². The normalized spacial score (nSPS) is 13.2. The van der Waals surface area contributed by atoms with Crippen molar-refractivity contribution in [2.75, 3.05) is 30.3 Å². The van der Waals surface area contributed by atoms with Crippen LogP contribution in [0.25, 0.3) is 0 Å². The second-order valence-corrected chi connectivity index (χ2v) is 7.27.